The van der Waals surface area contributed by atoms with Crippen molar-refractivity contribution in [1.82, 2.24) is 15.2 Å². The molecule has 0 amide bonds. The number of sulfonamides is 1. The van der Waals surface area contributed by atoms with Crippen LogP contribution in [0.4, 0.5) is 17.6 Å². The summed E-state index contributed by atoms with van der Waals surface area (Å²) in [4.78, 5) is 13.1. The first-order chi connectivity index (χ1) is 8.90. The number of nitrogens with zero attached hydrogens (tertiary/aromatic N) is 3. The molecule has 0 aliphatic heterocycles. The van der Waals surface area contributed by atoms with Gasteiger partial charge in [0.15, 0.2) is 4.90 Å². The van der Waals surface area contributed by atoms with Crippen molar-refractivity contribution >= 4 is 27.6 Å². The number of anilines is 2. The highest BCUT2D eigenvalue weighted by atomic mass is 32.2. The van der Waals surface area contributed by atoms with Crippen LogP contribution in [0.1, 0.15) is 0 Å². The van der Waals surface area contributed by atoms with Crippen LogP contribution in [-0.4, -0.2) is 28.5 Å². The van der Waals surface area contributed by atoms with Crippen molar-refractivity contribution < 1.29 is 13.3 Å². The van der Waals surface area contributed by atoms with Crippen molar-refractivity contribution in [2.24, 2.45) is 0 Å². The number of nitrogens with two attached hydrogens (primary N) is 1. The molecule has 19 heavy (non-hydrogen) atoms. The number of hydrogen-bond acceptors (Lipinski definition) is 7. The van der Waals surface area contributed by atoms with E-state index in [9.17, 15) is 18.5 Å². The largest absolute Gasteiger partial charge is 0.368 e. The van der Waals surface area contributed by atoms with Crippen molar-refractivity contribution in [2.75, 3.05) is 10.5 Å². The van der Waals surface area contributed by atoms with Gasteiger partial charge in [0.05, 0.1) is 4.92 Å². The first-order valence-corrected chi connectivity index (χ1v) is 6.32. The van der Waals surface area contributed by atoms with Crippen LogP contribution >= 0.6 is 0 Å². The molecule has 0 aliphatic carbocycles. The van der Waals surface area contributed by atoms with E-state index in [4.69, 9.17) is 5.73 Å². The Kier molecular flexibility index (Phi) is 3.04. The third-order valence-electron chi connectivity index (χ3n) is 2.08. The molecule has 0 fully saturated rings. The Hall–Kier alpha value is -2.69. The first-order valence-electron chi connectivity index (χ1n) is 4.84. The second-order valence-electron chi connectivity index (χ2n) is 3.37. The standard InChI is InChI=1S/C8H8N6O4S/c9-7-10-8(12-11-7)13-19(17,18)6-4-2-1-3-5(6)14(15)16/h1-4H,(H4,9,10,11,12,13). The molecule has 4 N–H and O–H groups in total. The monoisotopic (exact) mass is 284 g/mol. The highest BCUT2D eigenvalue weighted by Crippen LogP contribution is 2.24. The topological polar surface area (TPSA) is 157 Å². The molecule has 1 aromatic heterocycles. The molecule has 100 valence electrons. The molecular weight excluding hydrogens is 276 g/mol. The Morgan fingerprint density at radius 3 is 2.63 bits per heavy atom. The summed E-state index contributed by atoms with van der Waals surface area (Å²) in [6.07, 6.45) is 0. The molecule has 0 aliphatic rings. The Labute approximate surface area is 106 Å². The van der Waals surface area contributed by atoms with Gasteiger partial charge in [-0.1, -0.05) is 12.1 Å². The van der Waals surface area contributed by atoms with Crippen molar-refractivity contribution in [1.29, 1.82) is 0 Å². The van der Waals surface area contributed by atoms with Gasteiger partial charge in [-0.05, 0) is 6.07 Å². The van der Waals surface area contributed by atoms with E-state index < -0.39 is 25.5 Å². The van der Waals surface area contributed by atoms with Crippen LogP contribution in [-0.2, 0) is 10.0 Å². The van der Waals surface area contributed by atoms with Gasteiger partial charge in [-0.3, -0.25) is 10.1 Å². The van der Waals surface area contributed by atoms with Crippen LogP contribution in [0.15, 0.2) is 29.2 Å². The van der Waals surface area contributed by atoms with Crippen LogP contribution in [0, 0.1) is 10.1 Å². The summed E-state index contributed by atoms with van der Waals surface area (Å²) in [5, 5.41) is 16.5. The summed E-state index contributed by atoms with van der Waals surface area (Å²) in [6, 6.07) is 4.92. The lowest BCUT2D eigenvalue weighted by molar-refractivity contribution is -0.387. The molecule has 0 atom stereocenters. The van der Waals surface area contributed by atoms with Gasteiger partial charge in [0, 0.05) is 6.07 Å². The van der Waals surface area contributed by atoms with E-state index >= 15 is 0 Å². The van der Waals surface area contributed by atoms with Crippen LogP contribution in [0.3, 0.4) is 0 Å². The van der Waals surface area contributed by atoms with E-state index in [0.717, 1.165) is 12.1 Å². The normalized spacial score (nSPS) is 11.2. The molecule has 11 heteroatoms. The van der Waals surface area contributed by atoms with Gasteiger partial charge in [0.2, 0.25) is 5.95 Å². The quantitative estimate of drug-likeness (QED) is 0.530. The van der Waals surface area contributed by atoms with Crippen LogP contribution in [0.25, 0.3) is 0 Å². The number of aromatic amines is 1. The minimum atomic E-state index is -4.17. The SMILES string of the molecule is Nc1nc(NS(=O)(=O)c2ccccc2[N+](=O)[O-])n[nH]1. The lowest BCUT2D eigenvalue weighted by Gasteiger charge is -2.04. The number of nitrogens with one attached hydrogen (secondary N) is 2. The second-order valence-corrected chi connectivity index (χ2v) is 5.03. The number of nitro groups is 1. The zero-order valence-corrected chi connectivity index (χ0v) is 10.1. The number of para-hydroxylation sites is 1. The number of nitro benzene ring substituents is 1. The van der Waals surface area contributed by atoms with Gasteiger partial charge in [-0.25, -0.2) is 18.2 Å². The van der Waals surface area contributed by atoms with E-state index in [1.54, 1.807) is 0 Å². The van der Waals surface area contributed by atoms with Crippen molar-refractivity contribution in [2.45, 2.75) is 4.90 Å². The van der Waals surface area contributed by atoms with Gasteiger partial charge in [-0.2, -0.15) is 4.98 Å². The van der Waals surface area contributed by atoms with Gasteiger partial charge >= 0.3 is 0 Å². The smallest absolute Gasteiger partial charge is 0.289 e. The van der Waals surface area contributed by atoms with Crippen molar-refractivity contribution in [3.8, 4) is 0 Å². The Balaban J connectivity index is 2.43. The third kappa shape index (κ3) is 2.60. The second kappa shape index (κ2) is 4.53. The number of H-pyrrole nitrogens is 1. The minimum absolute atomic E-state index is 0.0831. The number of hydrogen-bond donors (Lipinski definition) is 3. The predicted octanol–water partition coefficient (Wildman–Crippen LogP) is 0.0959. The summed E-state index contributed by atoms with van der Waals surface area (Å²) >= 11 is 0. The molecule has 2 rings (SSSR count). The number of nitrogen functional groups attached to an aromatic ring is 1. The molecule has 0 spiro atoms. The molecule has 10 nitrogen and oxygen atoms in total. The summed E-state index contributed by atoms with van der Waals surface area (Å²) in [5.41, 5.74) is 4.70. The zero-order valence-electron chi connectivity index (χ0n) is 9.27. The van der Waals surface area contributed by atoms with Crippen molar-refractivity contribution in [3.63, 3.8) is 0 Å². The van der Waals surface area contributed by atoms with E-state index in [2.05, 4.69) is 15.2 Å². The number of benzene rings is 1. The third-order valence-corrected chi connectivity index (χ3v) is 3.46. The summed E-state index contributed by atoms with van der Waals surface area (Å²) in [7, 11) is -4.17. The van der Waals surface area contributed by atoms with Gasteiger partial charge in [0.1, 0.15) is 0 Å². The van der Waals surface area contributed by atoms with Crippen LogP contribution < -0.4 is 10.5 Å². The molecule has 0 radical (unpaired) electrons. The molecule has 0 saturated carbocycles. The summed E-state index contributed by atoms with van der Waals surface area (Å²) in [5.74, 6) is -0.379. The summed E-state index contributed by atoms with van der Waals surface area (Å²) < 4.78 is 26.0. The van der Waals surface area contributed by atoms with Crippen LogP contribution in [0.2, 0.25) is 0 Å². The fraction of sp³-hybridized carbons (Fsp3) is 0. The summed E-state index contributed by atoms with van der Waals surface area (Å²) in [6.45, 7) is 0. The fourth-order valence-electron chi connectivity index (χ4n) is 1.33. The van der Waals surface area contributed by atoms with Crippen molar-refractivity contribution in [3.05, 3.63) is 34.4 Å². The highest BCUT2D eigenvalue weighted by molar-refractivity contribution is 7.92. The zero-order chi connectivity index (χ0) is 14.0. The maximum Gasteiger partial charge on any atom is 0.289 e. The predicted molar refractivity (Wildman–Crippen MR) is 64.7 cm³/mol. The Morgan fingerprint density at radius 1 is 1.37 bits per heavy atom. The maximum atomic E-state index is 12.0. The molecule has 1 heterocycles. The molecule has 0 bridgehead atoms. The van der Waals surface area contributed by atoms with E-state index in [1.807, 2.05) is 4.72 Å². The van der Waals surface area contributed by atoms with E-state index in [1.165, 1.54) is 12.1 Å². The minimum Gasteiger partial charge on any atom is -0.368 e. The van der Waals surface area contributed by atoms with Gasteiger partial charge in [-0.15, -0.1) is 5.10 Å². The van der Waals surface area contributed by atoms with Gasteiger partial charge < -0.3 is 5.73 Å². The molecule has 0 saturated heterocycles. The number of rotatable bonds is 4. The van der Waals surface area contributed by atoms with E-state index in [0.29, 0.717) is 0 Å². The van der Waals surface area contributed by atoms with Crippen LogP contribution in [0.5, 0.6) is 0 Å². The first kappa shape index (κ1) is 12.8. The molecule has 1 aromatic carbocycles. The average molecular weight is 284 g/mol. The fourth-order valence-corrected chi connectivity index (χ4v) is 2.45. The molecule has 0 unspecified atom stereocenters. The Bertz CT molecular complexity index is 724. The Morgan fingerprint density at radius 2 is 2.05 bits per heavy atom. The average Bonchev–Trinajstić information content (AvgIpc) is 2.74. The highest BCUT2D eigenvalue weighted by Gasteiger charge is 2.26. The lowest BCUT2D eigenvalue weighted by atomic mass is 10.3. The number of aromatic nitrogens is 3. The molecular formula is C8H8N6O4S. The maximum absolute atomic E-state index is 12.0. The van der Waals surface area contributed by atoms with Gasteiger partial charge in [0.25, 0.3) is 21.7 Å². The van der Waals surface area contributed by atoms with E-state index in [-0.39, 0.29) is 11.9 Å². The lowest BCUT2D eigenvalue weighted by Crippen LogP contribution is -2.15. The molecule has 2 aromatic rings.